The van der Waals surface area contributed by atoms with Crippen molar-refractivity contribution in [2.45, 2.75) is 57.5 Å². The summed E-state index contributed by atoms with van der Waals surface area (Å²) in [6.45, 7) is 2.14. The van der Waals surface area contributed by atoms with Gasteiger partial charge in [-0.1, -0.05) is 19.8 Å². The van der Waals surface area contributed by atoms with Crippen LogP contribution in [0.2, 0.25) is 0 Å². The Morgan fingerprint density at radius 1 is 1.33 bits per heavy atom. The Balaban J connectivity index is 1.71. The van der Waals surface area contributed by atoms with Crippen molar-refractivity contribution in [1.29, 1.82) is 0 Å². The second kappa shape index (κ2) is 6.39. The van der Waals surface area contributed by atoms with Crippen molar-refractivity contribution in [3.05, 3.63) is 47.5 Å². The summed E-state index contributed by atoms with van der Waals surface area (Å²) in [5.74, 6) is 0. The summed E-state index contributed by atoms with van der Waals surface area (Å²) >= 11 is 0. The Morgan fingerprint density at radius 2 is 2.14 bits per heavy atom. The van der Waals surface area contributed by atoms with Gasteiger partial charge in [-0.2, -0.15) is 5.10 Å². The van der Waals surface area contributed by atoms with Gasteiger partial charge in [0.15, 0.2) is 0 Å². The topological polar surface area (TPSA) is 56.7 Å². The predicted molar refractivity (Wildman–Crippen MR) is 84.0 cm³/mol. The molecule has 3 rings (SSSR count). The molecule has 0 aliphatic heterocycles. The lowest BCUT2D eigenvalue weighted by atomic mass is 9.98. The summed E-state index contributed by atoms with van der Waals surface area (Å²) in [7, 11) is 0. The number of pyridine rings is 1. The molecule has 1 saturated carbocycles. The molecule has 4 nitrogen and oxygen atoms in total. The number of rotatable bonds is 5. The molecule has 2 N–H and O–H groups in total. The van der Waals surface area contributed by atoms with E-state index in [-0.39, 0.29) is 6.04 Å². The van der Waals surface area contributed by atoms with Crippen molar-refractivity contribution in [3.63, 3.8) is 0 Å². The van der Waals surface area contributed by atoms with Gasteiger partial charge in [0, 0.05) is 31.1 Å². The van der Waals surface area contributed by atoms with Gasteiger partial charge in [0.1, 0.15) is 0 Å². The third-order valence-corrected chi connectivity index (χ3v) is 4.51. The molecule has 0 saturated heterocycles. The molecule has 1 aliphatic rings. The molecule has 2 aromatic heterocycles. The van der Waals surface area contributed by atoms with Crippen LogP contribution < -0.4 is 5.73 Å². The summed E-state index contributed by atoms with van der Waals surface area (Å²) in [6.07, 6.45) is 12.8. The molecule has 1 aliphatic carbocycles. The lowest BCUT2D eigenvalue weighted by Crippen LogP contribution is -2.16. The SMILES string of the molecule is CCc1cnccc1C(N)Cc1ccn(C2CCCC2)n1. The average Bonchev–Trinajstić information content (AvgIpc) is 3.17. The van der Waals surface area contributed by atoms with E-state index in [4.69, 9.17) is 10.8 Å². The summed E-state index contributed by atoms with van der Waals surface area (Å²) in [4.78, 5) is 4.19. The van der Waals surface area contributed by atoms with Gasteiger partial charge < -0.3 is 5.73 Å². The standard InChI is InChI=1S/C17H24N4/c1-2-13-12-19-9-7-16(13)17(18)11-14-8-10-21(20-14)15-5-3-4-6-15/h7-10,12,15,17H,2-6,11,18H2,1H3. The molecule has 112 valence electrons. The molecule has 0 aromatic carbocycles. The maximum Gasteiger partial charge on any atom is 0.0643 e. The van der Waals surface area contributed by atoms with Gasteiger partial charge >= 0.3 is 0 Å². The molecule has 2 heterocycles. The molecule has 21 heavy (non-hydrogen) atoms. The minimum Gasteiger partial charge on any atom is -0.324 e. The fraction of sp³-hybridized carbons (Fsp3) is 0.529. The van der Waals surface area contributed by atoms with E-state index in [0.29, 0.717) is 6.04 Å². The maximum absolute atomic E-state index is 6.39. The van der Waals surface area contributed by atoms with Gasteiger partial charge in [-0.05, 0) is 42.5 Å². The van der Waals surface area contributed by atoms with E-state index in [1.807, 2.05) is 18.5 Å². The average molecular weight is 284 g/mol. The lowest BCUT2D eigenvalue weighted by molar-refractivity contribution is 0.461. The Bertz CT molecular complexity index is 584. The number of nitrogens with zero attached hydrogens (tertiary/aromatic N) is 3. The van der Waals surface area contributed by atoms with Crippen molar-refractivity contribution in [3.8, 4) is 0 Å². The number of hydrogen-bond donors (Lipinski definition) is 1. The van der Waals surface area contributed by atoms with Crippen molar-refractivity contribution < 1.29 is 0 Å². The quantitative estimate of drug-likeness (QED) is 0.917. The van der Waals surface area contributed by atoms with Crippen LogP contribution in [0.3, 0.4) is 0 Å². The van der Waals surface area contributed by atoms with Gasteiger partial charge in [-0.3, -0.25) is 9.67 Å². The molecule has 0 spiro atoms. The number of aromatic nitrogens is 3. The molecular formula is C17H24N4. The van der Waals surface area contributed by atoms with Crippen LogP contribution in [0.25, 0.3) is 0 Å². The van der Waals surface area contributed by atoms with Gasteiger partial charge in [-0.25, -0.2) is 0 Å². The molecule has 4 heteroatoms. The maximum atomic E-state index is 6.39. The van der Waals surface area contributed by atoms with Gasteiger partial charge in [0.25, 0.3) is 0 Å². The van der Waals surface area contributed by atoms with Crippen LogP contribution >= 0.6 is 0 Å². The van der Waals surface area contributed by atoms with Crippen LogP contribution in [-0.4, -0.2) is 14.8 Å². The Kier molecular flexibility index (Phi) is 4.34. The number of nitrogens with two attached hydrogens (primary N) is 1. The first-order chi connectivity index (χ1) is 10.3. The fourth-order valence-electron chi connectivity index (χ4n) is 3.29. The fourth-order valence-corrected chi connectivity index (χ4v) is 3.29. The highest BCUT2D eigenvalue weighted by Gasteiger charge is 2.18. The van der Waals surface area contributed by atoms with E-state index in [9.17, 15) is 0 Å². The normalized spacial score (nSPS) is 17.2. The smallest absolute Gasteiger partial charge is 0.0643 e. The van der Waals surface area contributed by atoms with Crippen LogP contribution in [0.15, 0.2) is 30.7 Å². The third kappa shape index (κ3) is 3.16. The van der Waals surface area contributed by atoms with Gasteiger partial charge in [-0.15, -0.1) is 0 Å². The summed E-state index contributed by atoms with van der Waals surface area (Å²) < 4.78 is 2.14. The molecule has 2 aromatic rings. The van der Waals surface area contributed by atoms with E-state index >= 15 is 0 Å². The predicted octanol–water partition coefficient (Wildman–Crippen LogP) is 3.20. The highest BCUT2D eigenvalue weighted by atomic mass is 15.3. The zero-order valence-corrected chi connectivity index (χ0v) is 12.7. The molecule has 1 fully saturated rings. The second-order valence-electron chi connectivity index (χ2n) is 5.96. The minimum absolute atomic E-state index is 0.00474. The van der Waals surface area contributed by atoms with Crippen LogP contribution in [0.1, 0.15) is 61.5 Å². The lowest BCUT2D eigenvalue weighted by Gasteiger charge is -2.14. The zero-order valence-electron chi connectivity index (χ0n) is 12.7. The molecule has 0 bridgehead atoms. The van der Waals surface area contributed by atoms with Crippen LogP contribution in [0.4, 0.5) is 0 Å². The first kappa shape index (κ1) is 14.3. The first-order valence-electron chi connectivity index (χ1n) is 8.00. The minimum atomic E-state index is -0.00474. The summed E-state index contributed by atoms with van der Waals surface area (Å²) in [6, 6.07) is 4.75. The summed E-state index contributed by atoms with van der Waals surface area (Å²) in [5, 5.41) is 4.73. The number of hydrogen-bond acceptors (Lipinski definition) is 3. The van der Waals surface area contributed by atoms with E-state index in [0.717, 1.165) is 18.5 Å². The zero-order chi connectivity index (χ0) is 14.7. The molecule has 1 atom stereocenters. The molecular weight excluding hydrogens is 260 g/mol. The molecule has 1 unspecified atom stereocenters. The Hall–Kier alpha value is -1.68. The Labute approximate surface area is 126 Å². The van der Waals surface area contributed by atoms with E-state index in [1.54, 1.807) is 0 Å². The van der Waals surface area contributed by atoms with E-state index in [2.05, 4.69) is 28.9 Å². The van der Waals surface area contributed by atoms with E-state index < -0.39 is 0 Å². The highest BCUT2D eigenvalue weighted by molar-refractivity contribution is 5.27. The van der Waals surface area contributed by atoms with Crippen LogP contribution in [0, 0.1) is 0 Å². The largest absolute Gasteiger partial charge is 0.324 e. The second-order valence-corrected chi connectivity index (χ2v) is 5.96. The van der Waals surface area contributed by atoms with Crippen molar-refractivity contribution in [2.75, 3.05) is 0 Å². The van der Waals surface area contributed by atoms with Crippen LogP contribution in [0.5, 0.6) is 0 Å². The highest BCUT2D eigenvalue weighted by Crippen LogP contribution is 2.29. The van der Waals surface area contributed by atoms with E-state index in [1.165, 1.54) is 36.8 Å². The third-order valence-electron chi connectivity index (χ3n) is 4.51. The monoisotopic (exact) mass is 284 g/mol. The van der Waals surface area contributed by atoms with Gasteiger partial charge in [0.2, 0.25) is 0 Å². The van der Waals surface area contributed by atoms with Crippen molar-refractivity contribution in [1.82, 2.24) is 14.8 Å². The number of aryl methyl sites for hydroxylation is 1. The van der Waals surface area contributed by atoms with Gasteiger partial charge in [0.05, 0.1) is 11.7 Å². The first-order valence-corrected chi connectivity index (χ1v) is 8.00. The Morgan fingerprint density at radius 3 is 2.90 bits per heavy atom. The van der Waals surface area contributed by atoms with Crippen molar-refractivity contribution >= 4 is 0 Å². The molecule has 0 amide bonds. The van der Waals surface area contributed by atoms with Crippen molar-refractivity contribution in [2.24, 2.45) is 5.73 Å². The molecule has 0 radical (unpaired) electrons. The van der Waals surface area contributed by atoms with Crippen LogP contribution in [-0.2, 0) is 12.8 Å². The summed E-state index contributed by atoms with van der Waals surface area (Å²) in [5.41, 5.74) is 9.91.